The number of nitrogens with zero attached hydrogens (tertiary/aromatic N) is 1. The van der Waals surface area contributed by atoms with E-state index in [1.54, 1.807) is 53.4 Å². The summed E-state index contributed by atoms with van der Waals surface area (Å²) in [7, 11) is 0. The highest BCUT2D eigenvalue weighted by Gasteiger charge is 2.21. The van der Waals surface area contributed by atoms with E-state index in [0.29, 0.717) is 23.8 Å². The molecule has 28 heavy (non-hydrogen) atoms. The lowest BCUT2D eigenvalue weighted by Crippen LogP contribution is -2.42. The summed E-state index contributed by atoms with van der Waals surface area (Å²) in [6.07, 6.45) is 0.865. The Labute approximate surface area is 169 Å². The van der Waals surface area contributed by atoms with Gasteiger partial charge in [-0.15, -0.1) is 0 Å². The molecule has 1 aliphatic rings. The molecule has 0 bridgehead atoms. The number of nitrogens with one attached hydrogen (secondary N) is 1. The number of amides is 2. The van der Waals surface area contributed by atoms with Crippen molar-refractivity contribution in [3.63, 3.8) is 0 Å². The van der Waals surface area contributed by atoms with Crippen molar-refractivity contribution < 1.29 is 19.4 Å². The van der Waals surface area contributed by atoms with Gasteiger partial charge in [0, 0.05) is 23.8 Å². The molecule has 2 amide bonds. The van der Waals surface area contributed by atoms with Crippen LogP contribution < -0.4 is 5.32 Å². The Balaban J connectivity index is 1.46. The quantitative estimate of drug-likeness (QED) is 0.800. The lowest BCUT2D eigenvalue weighted by Gasteiger charge is -2.30. The summed E-state index contributed by atoms with van der Waals surface area (Å²) in [5, 5.41) is 13.0. The van der Waals surface area contributed by atoms with Crippen LogP contribution in [0.25, 0.3) is 0 Å². The Kier molecular flexibility index (Phi) is 6.90. The normalized spacial score (nSPS) is 16.5. The van der Waals surface area contributed by atoms with Crippen molar-refractivity contribution >= 4 is 29.3 Å². The maximum atomic E-state index is 12.3. The van der Waals surface area contributed by atoms with Gasteiger partial charge in [-0.3, -0.25) is 10.1 Å². The van der Waals surface area contributed by atoms with Crippen LogP contribution in [0.2, 0.25) is 5.02 Å². The number of piperidine rings is 1. The van der Waals surface area contributed by atoms with Gasteiger partial charge in [0.1, 0.15) is 6.61 Å². The molecule has 3 rings (SSSR count). The standard InChI is InChI=1S/C21H23ClN2O4/c22-17-7-3-16(4-8-17)14-28-21(27)23-18-9-5-15(6-10-18)12-20(26)24-11-1-2-19(25)13-24/h3-10,19,25H,1-2,11-14H2,(H,23,27)/t19-/m1/s1. The first kappa shape index (κ1) is 20.2. The number of ether oxygens (including phenoxy) is 1. The van der Waals surface area contributed by atoms with E-state index in [2.05, 4.69) is 5.32 Å². The largest absolute Gasteiger partial charge is 0.444 e. The molecule has 1 fully saturated rings. The van der Waals surface area contributed by atoms with E-state index in [-0.39, 0.29) is 18.9 Å². The Hall–Kier alpha value is -2.57. The van der Waals surface area contributed by atoms with Gasteiger partial charge in [-0.2, -0.15) is 0 Å². The number of carbonyl (C=O) groups excluding carboxylic acids is 2. The number of rotatable bonds is 5. The van der Waals surface area contributed by atoms with E-state index in [4.69, 9.17) is 16.3 Å². The zero-order valence-corrected chi connectivity index (χ0v) is 16.2. The fourth-order valence-electron chi connectivity index (χ4n) is 3.06. The second kappa shape index (κ2) is 9.57. The third-order valence-corrected chi connectivity index (χ3v) is 4.84. The van der Waals surface area contributed by atoms with Crippen LogP contribution in [0.1, 0.15) is 24.0 Å². The summed E-state index contributed by atoms with van der Waals surface area (Å²) in [5.41, 5.74) is 2.28. The van der Waals surface area contributed by atoms with E-state index >= 15 is 0 Å². The number of hydrogen-bond donors (Lipinski definition) is 2. The second-order valence-electron chi connectivity index (χ2n) is 6.84. The van der Waals surface area contributed by atoms with Gasteiger partial charge in [0.15, 0.2) is 0 Å². The average Bonchev–Trinajstić information content (AvgIpc) is 2.69. The smallest absolute Gasteiger partial charge is 0.411 e. The van der Waals surface area contributed by atoms with E-state index in [1.165, 1.54) is 0 Å². The fourth-order valence-corrected chi connectivity index (χ4v) is 3.18. The molecule has 2 N–H and O–H groups in total. The third kappa shape index (κ3) is 5.97. The highest BCUT2D eigenvalue weighted by atomic mass is 35.5. The van der Waals surface area contributed by atoms with Crippen LogP contribution in [-0.2, 0) is 22.6 Å². The SMILES string of the molecule is O=C(Nc1ccc(CC(=O)N2CCC[C@@H](O)C2)cc1)OCc1ccc(Cl)cc1. The van der Waals surface area contributed by atoms with Crippen LogP contribution in [0, 0.1) is 0 Å². The predicted molar refractivity (Wildman–Crippen MR) is 107 cm³/mol. The predicted octanol–water partition coefficient (Wildman–Crippen LogP) is 3.61. The van der Waals surface area contributed by atoms with E-state index in [0.717, 1.165) is 24.0 Å². The molecular formula is C21H23ClN2O4. The van der Waals surface area contributed by atoms with Crippen LogP contribution in [0.5, 0.6) is 0 Å². The van der Waals surface area contributed by atoms with Crippen molar-refractivity contribution in [2.75, 3.05) is 18.4 Å². The van der Waals surface area contributed by atoms with Gasteiger partial charge in [0.25, 0.3) is 0 Å². The molecule has 1 aliphatic heterocycles. The molecule has 2 aromatic carbocycles. The number of carbonyl (C=O) groups is 2. The molecule has 0 aliphatic carbocycles. The Morgan fingerprint density at radius 2 is 1.79 bits per heavy atom. The lowest BCUT2D eigenvalue weighted by molar-refractivity contribution is -0.133. The minimum Gasteiger partial charge on any atom is -0.444 e. The van der Waals surface area contributed by atoms with Gasteiger partial charge in [0.05, 0.1) is 12.5 Å². The molecule has 7 heteroatoms. The summed E-state index contributed by atoms with van der Waals surface area (Å²) in [6, 6.07) is 14.1. The topological polar surface area (TPSA) is 78.9 Å². The van der Waals surface area contributed by atoms with Gasteiger partial charge >= 0.3 is 6.09 Å². The number of benzene rings is 2. The van der Waals surface area contributed by atoms with E-state index < -0.39 is 12.2 Å². The summed E-state index contributed by atoms with van der Waals surface area (Å²) >= 11 is 5.82. The van der Waals surface area contributed by atoms with Crippen molar-refractivity contribution in [3.05, 3.63) is 64.7 Å². The van der Waals surface area contributed by atoms with Crippen molar-refractivity contribution in [2.24, 2.45) is 0 Å². The van der Waals surface area contributed by atoms with Crippen LogP contribution in [0.15, 0.2) is 48.5 Å². The van der Waals surface area contributed by atoms with Crippen molar-refractivity contribution in [2.45, 2.75) is 32.0 Å². The van der Waals surface area contributed by atoms with Crippen LogP contribution in [-0.4, -0.2) is 41.2 Å². The minimum absolute atomic E-state index is 0.00170. The first-order valence-corrected chi connectivity index (χ1v) is 9.60. The molecule has 0 aromatic heterocycles. The molecule has 1 saturated heterocycles. The highest BCUT2D eigenvalue weighted by Crippen LogP contribution is 2.15. The molecule has 0 saturated carbocycles. The molecule has 1 heterocycles. The maximum absolute atomic E-state index is 12.3. The number of likely N-dealkylation sites (tertiary alicyclic amines) is 1. The Morgan fingerprint density at radius 1 is 1.11 bits per heavy atom. The summed E-state index contributed by atoms with van der Waals surface area (Å²) in [5.74, 6) is 0.00170. The molecule has 2 aromatic rings. The highest BCUT2D eigenvalue weighted by molar-refractivity contribution is 6.30. The minimum atomic E-state index is -0.555. The zero-order valence-electron chi connectivity index (χ0n) is 15.4. The number of aliphatic hydroxyl groups is 1. The molecule has 0 radical (unpaired) electrons. The average molecular weight is 403 g/mol. The van der Waals surface area contributed by atoms with Gasteiger partial charge in [0.2, 0.25) is 5.91 Å². The van der Waals surface area contributed by atoms with Gasteiger partial charge in [-0.25, -0.2) is 4.79 Å². The van der Waals surface area contributed by atoms with Crippen LogP contribution in [0.3, 0.4) is 0 Å². The van der Waals surface area contributed by atoms with Crippen molar-refractivity contribution in [3.8, 4) is 0 Å². The third-order valence-electron chi connectivity index (χ3n) is 4.59. The number of hydrogen-bond acceptors (Lipinski definition) is 4. The molecule has 1 atom stereocenters. The monoisotopic (exact) mass is 402 g/mol. The zero-order chi connectivity index (χ0) is 19.9. The number of halogens is 1. The van der Waals surface area contributed by atoms with Gasteiger partial charge in [-0.1, -0.05) is 35.9 Å². The fraction of sp³-hybridized carbons (Fsp3) is 0.333. The van der Waals surface area contributed by atoms with Crippen molar-refractivity contribution in [1.29, 1.82) is 0 Å². The van der Waals surface area contributed by atoms with Gasteiger partial charge in [-0.05, 0) is 48.2 Å². The van der Waals surface area contributed by atoms with E-state index in [9.17, 15) is 14.7 Å². The molecule has 0 spiro atoms. The summed E-state index contributed by atoms with van der Waals surface area (Å²) in [4.78, 5) is 25.9. The molecule has 0 unspecified atom stereocenters. The molecule has 6 nitrogen and oxygen atoms in total. The molecular weight excluding hydrogens is 380 g/mol. The first-order chi connectivity index (χ1) is 13.5. The van der Waals surface area contributed by atoms with Crippen LogP contribution >= 0.6 is 11.6 Å². The maximum Gasteiger partial charge on any atom is 0.411 e. The van der Waals surface area contributed by atoms with Gasteiger partial charge < -0.3 is 14.7 Å². The Morgan fingerprint density at radius 3 is 2.46 bits per heavy atom. The number of β-amino-alcohol motifs (C(OH)–C–C–N with tert-alkyl or cyclic N) is 1. The first-order valence-electron chi connectivity index (χ1n) is 9.22. The Bertz CT molecular complexity index is 808. The lowest BCUT2D eigenvalue weighted by atomic mass is 10.1. The van der Waals surface area contributed by atoms with Crippen molar-refractivity contribution in [1.82, 2.24) is 4.90 Å². The van der Waals surface area contributed by atoms with Crippen LogP contribution in [0.4, 0.5) is 10.5 Å². The molecule has 148 valence electrons. The number of aliphatic hydroxyl groups excluding tert-OH is 1. The number of anilines is 1. The second-order valence-corrected chi connectivity index (χ2v) is 7.27. The van der Waals surface area contributed by atoms with E-state index in [1.807, 2.05) is 0 Å². The summed E-state index contributed by atoms with van der Waals surface area (Å²) < 4.78 is 5.18. The summed E-state index contributed by atoms with van der Waals surface area (Å²) in [6.45, 7) is 1.24.